The lowest BCUT2D eigenvalue weighted by molar-refractivity contribution is 0.208. The highest BCUT2D eigenvalue weighted by Crippen LogP contribution is 2.29. The van der Waals surface area contributed by atoms with Gasteiger partial charge in [0, 0.05) is 18.4 Å². The Bertz CT molecular complexity index is 238. The van der Waals surface area contributed by atoms with Crippen molar-refractivity contribution in [2.24, 2.45) is 10.8 Å². The van der Waals surface area contributed by atoms with E-state index in [-0.39, 0.29) is 0 Å². The number of hydrogen-bond acceptors (Lipinski definition) is 4. The number of ether oxygens (including phenoxy) is 1. The van der Waals surface area contributed by atoms with Gasteiger partial charge in [0.2, 0.25) is 5.96 Å². The summed E-state index contributed by atoms with van der Waals surface area (Å²) >= 11 is 2.02. The monoisotopic (exact) mass is 260 g/mol. The van der Waals surface area contributed by atoms with Gasteiger partial charge in [-0.05, 0) is 18.6 Å². The van der Waals surface area contributed by atoms with E-state index in [4.69, 9.17) is 10.6 Å². The Morgan fingerprint density at radius 1 is 1.53 bits per heavy atom. The molecule has 1 saturated carbocycles. The van der Waals surface area contributed by atoms with Gasteiger partial charge in [0.05, 0.1) is 13.2 Å². The van der Waals surface area contributed by atoms with E-state index in [1.165, 1.54) is 19.3 Å². The molecule has 0 aliphatic heterocycles. The normalized spacial score (nSPS) is 25.0. The number of guanidine groups is 1. The van der Waals surface area contributed by atoms with E-state index < -0.39 is 0 Å². The second-order valence-corrected chi connectivity index (χ2v) is 5.56. The molecule has 17 heavy (non-hydrogen) atoms. The summed E-state index contributed by atoms with van der Waals surface area (Å²) in [6.07, 6.45) is 3.76. The van der Waals surface area contributed by atoms with Gasteiger partial charge < -0.3 is 10.1 Å². The number of nitrogens with one attached hydrogen (secondary N) is 2. The highest BCUT2D eigenvalue weighted by Gasteiger charge is 2.27. The number of nitrogens with two attached hydrogens (primary N) is 1. The van der Waals surface area contributed by atoms with Crippen LogP contribution in [0.25, 0.3) is 0 Å². The Balaban J connectivity index is 2.40. The Kier molecular flexibility index (Phi) is 7.39. The van der Waals surface area contributed by atoms with Gasteiger partial charge in [-0.1, -0.05) is 13.3 Å². The summed E-state index contributed by atoms with van der Waals surface area (Å²) in [6, 6.07) is 0.484. The van der Waals surface area contributed by atoms with Crippen molar-refractivity contribution < 1.29 is 4.74 Å². The second kappa shape index (κ2) is 8.60. The maximum atomic E-state index is 5.46. The first-order chi connectivity index (χ1) is 8.31. The maximum Gasteiger partial charge on any atom is 0.206 e. The number of aliphatic imine (C=N–C) groups is 1. The van der Waals surface area contributed by atoms with Crippen LogP contribution in [0.15, 0.2) is 4.99 Å². The predicted molar refractivity (Wildman–Crippen MR) is 74.2 cm³/mol. The fraction of sp³-hybridized carbons (Fsp3) is 0.909. The van der Waals surface area contributed by atoms with Crippen LogP contribution in [0.3, 0.4) is 0 Å². The fourth-order valence-electron chi connectivity index (χ4n) is 2.06. The molecule has 6 heteroatoms. The first-order valence-corrected chi connectivity index (χ1v) is 7.24. The summed E-state index contributed by atoms with van der Waals surface area (Å²) in [7, 11) is 1.67. The third kappa shape index (κ3) is 5.14. The Labute approximate surface area is 108 Å². The maximum absolute atomic E-state index is 5.46. The quantitative estimate of drug-likeness (QED) is 0.216. The Morgan fingerprint density at radius 2 is 2.35 bits per heavy atom. The molecule has 2 unspecified atom stereocenters. The lowest BCUT2D eigenvalue weighted by Gasteiger charge is -2.21. The molecule has 0 aromatic carbocycles. The summed E-state index contributed by atoms with van der Waals surface area (Å²) in [6.45, 7) is 3.45. The minimum absolute atomic E-state index is 0.484. The van der Waals surface area contributed by atoms with Crippen molar-refractivity contribution in [3.05, 3.63) is 0 Å². The SMILES string of the molecule is CCSC1CCCC1NC(=NCCOC)NN. The minimum Gasteiger partial charge on any atom is -0.383 e. The van der Waals surface area contributed by atoms with Crippen LogP contribution < -0.4 is 16.6 Å². The molecule has 0 heterocycles. The predicted octanol–water partition coefficient (Wildman–Crippen LogP) is 0.716. The molecule has 0 aromatic rings. The van der Waals surface area contributed by atoms with E-state index in [0.717, 1.165) is 5.75 Å². The van der Waals surface area contributed by atoms with Crippen LogP contribution in [0.1, 0.15) is 26.2 Å². The summed E-state index contributed by atoms with van der Waals surface area (Å²) in [5.41, 5.74) is 2.62. The molecule has 0 saturated heterocycles. The Morgan fingerprint density at radius 3 is 3.00 bits per heavy atom. The second-order valence-electron chi connectivity index (χ2n) is 4.04. The molecule has 0 amide bonds. The first kappa shape index (κ1) is 14.6. The molecule has 1 rings (SSSR count). The van der Waals surface area contributed by atoms with Gasteiger partial charge in [-0.2, -0.15) is 11.8 Å². The smallest absolute Gasteiger partial charge is 0.206 e. The minimum atomic E-state index is 0.484. The summed E-state index contributed by atoms with van der Waals surface area (Å²) in [5, 5.41) is 4.08. The zero-order chi connectivity index (χ0) is 12.5. The number of rotatable bonds is 6. The van der Waals surface area contributed by atoms with Crippen molar-refractivity contribution in [1.82, 2.24) is 10.7 Å². The first-order valence-electron chi connectivity index (χ1n) is 6.20. The van der Waals surface area contributed by atoms with Gasteiger partial charge in [0.1, 0.15) is 0 Å². The molecule has 1 aliphatic rings. The lowest BCUT2D eigenvalue weighted by Crippen LogP contribution is -2.48. The van der Waals surface area contributed by atoms with Crippen LogP contribution in [-0.2, 0) is 4.74 Å². The highest BCUT2D eigenvalue weighted by molar-refractivity contribution is 7.99. The number of hydrazine groups is 1. The van der Waals surface area contributed by atoms with Crippen molar-refractivity contribution in [2.75, 3.05) is 26.0 Å². The van der Waals surface area contributed by atoms with E-state index in [0.29, 0.717) is 30.4 Å². The third-order valence-electron chi connectivity index (χ3n) is 2.86. The third-order valence-corrected chi connectivity index (χ3v) is 4.18. The summed E-state index contributed by atoms with van der Waals surface area (Å²) in [4.78, 5) is 4.33. The average Bonchev–Trinajstić information content (AvgIpc) is 2.76. The Hall–Kier alpha value is -0.460. The van der Waals surface area contributed by atoms with Crippen LogP contribution in [0.5, 0.6) is 0 Å². The molecule has 100 valence electrons. The highest BCUT2D eigenvalue weighted by atomic mass is 32.2. The lowest BCUT2D eigenvalue weighted by atomic mass is 10.2. The molecular formula is C11H24N4OS. The number of hydrogen-bond donors (Lipinski definition) is 3. The van der Waals surface area contributed by atoms with Gasteiger partial charge in [-0.3, -0.25) is 5.43 Å². The van der Waals surface area contributed by atoms with Gasteiger partial charge in [0.25, 0.3) is 0 Å². The van der Waals surface area contributed by atoms with E-state index in [1.807, 2.05) is 11.8 Å². The standard InChI is InChI=1S/C11H24N4OS/c1-3-17-10-6-4-5-9(10)14-11(15-12)13-7-8-16-2/h9-10H,3-8,12H2,1-2H3,(H2,13,14,15). The van der Waals surface area contributed by atoms with Crippen LogP contribution in [-0.4, -0.2) is 43.3 Å². The number of thioether (sulfide) groups is 1. The van der Waals surface area contributed by atoms with Crippen molar-refractivity contribution in [3.8, 4) is 0 Å². The van der Waals surface area contributed by atoms with Gasteiger partial charge in [-0.25, -0.2) is 10.8 Å². The molecule has 1 fully saturated rings. The fourth-order valence-corrected chi connectivity index (χ4v) is 3.26. The number of methoxy groups -OCH3 is 1. The van der Waals surface area contributed by atoms with Crippen LogP contribution in [0, 0.1) is 0 Å². The zero-order valence-electron chi connectivity index (χ0n) is 10.7. The van der Waals surface area contributed by atoms with Gasteiger partial charge in [-0.15, -0.1) is 0 Å². The average molecular weight is 260 g/mol. The molecule has 2 atom stereocenters. The largest absolute Gasteiger partial charge is 0.383 e. The van der Waals surface area contributed by atoms with Crippen molar-refractivity contribution >= 4 is 17.7 Å². The van der Waals surface area contributed by atoms with Crippen LogP contribution in [0.4, 0.5) is 0 Å². The van der Waals surface area contributed by atoms with E-state index >= 15 is 0 Å². The molecule has 0 spiro atoms. The van der Waals surface area contributed by atoms with Crippen molar-refractivity contribution in [1.29, 1.82) is 0 Å². The van der Waals surface area contributed by atoms with Crippen LogP contribution in [0.2, 0.25) is 0 Å². The van der Waals surface area contributed by atoms with E-state index in [1.54, 1.807) is 7.11 Å². The van der Waals surface area contributed by atoms with Crippen LogP contribution >= 0.6 is 11.8 Å². The molecule has 0 radical (unpaired) electrons. The molecule has 0 bridgehead atoms. The van der Waals surface area contributed by atoms with Crippen molar-refractivity contribution in [3.63, 3.8) is 0 Å². The topological polar surface area (TPSA) is 71.7 Å². The molecule has 1 aliphatic carbocycles. The summed E-state index contributed by atoms with van der Waals surface area (Å²) in [5.74, 6) is 7.30. The van der Waals surface area contributed by atoms with E-state index in [2.05, 4.69) is 22.7 Å². The molecular weight excluding hydrogens is 236 g/mol. The van der Waals surface area contributed by atoms with E-state index in [9.17, 15) is 0 Å². The van der Waals surface area contributed by atoms with Gasteiger partial charge in [0.15, 0.2) is 0 Å². The molecule has 0 aromatic heterocycles. The van der Waals surface area contributed by atoms with Gasteiger partial charge >= 0.3 is 0 Å². The van der Waals surface area contributed by atoms with Crippen molar-refractivity contribution in [2.45, 2.75) is 37.5 Å². The summed E-state index contributed by atoms with van der Waals surface area (Å²) < 4.78 is 4.96. The number of nitrogens with zero attached hydrogens (tertiary/aromatic N) is 1. The molecule has 5 nitrogen and oxygen atoms in total. The zero-order valence-corrected chi connectivity index (χ0v) is 11.6. The molecule has 4 N–H and O–H groups in total.